The number of carbonyl (C=O) groups excluding carboxylic acids is 2. The third-order valence-electron chi connectivity index (χ3n) is 3.37. The summed E-state index contributed by atoms with van der Waals surface area (Å²) in [5, 5.41) is 14.2. The van der Waals surface area contributed by atoms with Gasteiger partial charge in [0.05, 0.1) is 6.04 Å². The normalized spacial score (nSPS) is 18.4. The Balaban J connectivity index is 2.01. The van der Waals surface area contributed by atoms with Crippen LogP contribution in [-0.2, 0) is 9.59 Å². The molecule has 1 heterocycles. The Morgan fingerprint density at radius 2 is 2.38 bits per heavy atom. The second kappa shape index (κ2) is 6.91. The SMILES string of the molecule is CC(NC(=O)C1CCC(=O)N1)c1cccc(C#CCO)c1. The summed E-state index contributed by atoms with van der Waals surface area (Å²) < 4.78 is 0. The number of rotatable bonds is 3. The molecule has 2 rings (SSSR count). The Hall–Kier alpha value is -2.32. The second-order valence-corrected chi connectivity index (χ2v) is 4.97. The highest BCUT2D eigenvalue weighted by Gasteiger charge is 2.27. The molecule has 1 saturated heterocycles. The highest BCUT2D eigenvalue weighted by atomic mass is 16.2. The number of hydrogen-bond acceptors (Lipinski definition) is 3. The molecule has 0 radical (unpaired) electrons. The van der Waals surface area contributed by atoms with Gasteiger partial charge >= 0.3 is 0 Å². The topological polar surface area (TPSA) is 78.4 Å². The highest BCUT2D eigenvalue weighted by molar-refractivity contribution is 5.90. The van der Waals surface area contributed by atoms with Gasteiger partial charge in [-0.25, -0.2) is 0 Å². The Labute approximate surface area is 123 Å². The summed E-state index contributed by atoms with van der Waals surface area (Å²) >= 11 is 0. The van der Waals surface area contributed by atoms with Crippen LogP contribution in [0.2, 0.25) is 0 Å². The smallest absolute Gasteiger partial charge is 0.243 e. The molecular weight excluding hydrogens is 268 g/mol. The first-order valence-corrected chi connectivity index (χ1v) is 6.89. The molecule has 3 N–H and O–H groups in total. The third-order valence-corrected chi connectivity index (χ3v) is 3.37. The first-order valence-electron chi connectivity index (χ1n) is 6.89. The van der Waals surface area contributed by atoms with E-state index in [4.69, 9.17) is 5.11 Å². The van der Waals surface area contributed by atoms with Crippen LogP contribution < -0.4 is 10.6 Å². The van der Waals surface area contributed by atoms with Gasteiger partial charge in [0, 0.05) is 12.0 Å². The summed E-state index contributed by atoms with van der Waals surface area (Å²) in [6, 6.07) is 6.88. The summed E-state index contributed by atoms with van der Waals surface area (Å²) in [4.78, 5) is 23.2. The van der Waals surface area contributed by atoms with Crippen molar-refractivity contribution in [3.05, 3.63) is 35.4 Å². The lowest BCUT2D eigenvalue weighted by Gasteiger charge is -2.17. The molecule has 5 nitrogen and oxygen atoms in total. The number of hydrogen-bond donors (Lipinski definition) is 3. The van der Waals surface area contributed by atoms with Crippen molar-refractivity contribution in [2.75, 3.05) is 6.61 Å². The minimum absolute atomic E-state index is 0.0796. The number of aliphatic hydroxyl groups excluding tert-OH is 1. The number of benzene rings is 1. The molecule has 0 bridgehead atoms. The van der Waals surface area contributed by atoms with Gasteiger partial charge in [-0.15, -0.1) is 0 Å². The van der Waals surface area contributed by atoms with Crippen molar-refractivity contribution in [3.8, 4) is 11.8 Å². The maximum absolute atomic E-state index is 12.0. The van der Waals surface area contributed by atoms with E-state index in [1.165, 1.54) is 0 Å². The molecule has 1 fully saturated rings. The third kappa shape index (κ3) is 4.07. The fraction of sp³-hybridized carbons (Fsp3) is 0.375. The molecule has 110 valence electrons. The average Bonchev–Trinajstić information content (AvgIpc) is 2.92. The number of carbonyl (C=O) groups is 2. The van der Waals surface area contributed by atoms with E-state index in [1.54, 1.807) is 0 Å². The summed E-state index contributed by atoms with van der Waals surface area (Å²) in [5.41, 5.74) is 1.72. The van der Waals surface area contributed by atoms with Gasteiger partial charge in [0.1, 0.15) is 12.6 Å². The molecule has 1 aromatic rings. The average molecular weight is 286 g/mol. The van der Waals surface area contributed by atoms with E-state index in [2.05, 4.69) is 22.5 Å². The predicted molar refractivity (Wildman–Crippen MR) is 78.1 cm³/mol. The molecule has 2 amide bonds. The lowest BCUT2D eigenvalue weighted by atomic mass is 10.0. The standard InChI is InChI=1S/C16H18N2O3/c1-11(17-16(21)14-7-8-15(20)18-14)13-6-2-4-12(10-13)5-3-9-19/h2,4,6,10-11,14,19H,7-9H2,1H3,(H,17,21)(H,18,20). The van der Waals surface area contributed by atoms with Crippen molar-refractivity contribution < 1.29 is 14.7 Å². The van der Waals surface area contributed by atoms with Crippen LogP contribution in [0.1, 0.15) is 36.9 Å². The first-order chi connectivity index (χ1) is 10.1. The fourth-order valence-electron chi connectivity index (χ4n) is 2.24. The van der Waals surface area contributed by atoms with Gasteiger partial charge in [0.15, 0.2) is 0 Å². The molecule has 0 saturated carbocycles. The van der Waals surface area contributed by atoms with Crippen LogP contribution >= 0.6 is 0 Å². The van der Waals surface area contributed by atoms with E-state index in [0.29, 0.717) is 12.8 Å². The fourth-order valence-corrected chi connectivity index (χ4v) is 2.24. The maximum Gasteiger partial charge on any atom is 0.243 e. The van der Waals surface area contributed by atoms with Crippen molar-refractivity contribution in [2.45, 2.75) is 31.8 Å². The lowest BCUT2D eigenvalue weighted by molar-refractivity contribution is -0.126. The zero-order chi connectivity index (χ0) is 15.2. The molecule has 2 unspecified atom stereocenters. The minimum atomic E-state index is -0.433. The molecule has 0 aromatic heterocycles. The Kier molecular flexibility index (Phi) is 4.96. The number of nitrogens with one attached hydrogen (secondary N) is 2. The van der Waals surface area contributed by atoms with E-state index < -0.39 is 6.04 Å². The zero-order valence-electron chi connectivity index (χ0n) is 11.8. The van der Waals surface area contributed by atoms with Crippen LogP contribution in [0, 0.1) is 11.8 Å². The Morgan fingerprint density at radius 1 is 1.57 bits per heavy atom. The number of amides is 2. The first kappa shape index (κ1) is 15.1. The van der Waals surface area contributed by atoms with E-state index >= 15 is 0 Å². The molecule has 1 aromatic carbocycles. The van der Waals surface area contributed by atoms with Gasteiger partial charge < -0.3 is 15.7 Å². The van der Waals surface area contributed by atoms with Crippen molar-refractivity contribution >= 4 is 11.8 Å². The van der Waals surface area contributed by atoms with Gasteiger partial charge in [-0.3, -0.25) is 9.59 Å². The van der Waals surface area contributed by atoms with Crippen molar-refractivity contribution in [1.29, 1.82) is 0 Å². The van der Waals surface area contributed by atoms with Crippen LogP contribution in [-0.4, -0.2) is 29.6 Å². The summed E-state index contributed by atoms with van der Waals surface area (Å²) in [6.07, 6.45) is 0.943. The summed E-state index contributed by atoms with van der Waals surface area (Å²) in [5.74, 6) is 5.18. The molecule has 1 aliphatic heterocycles. The van der Waals surface area contributed by atoms with Crippen molar-refractivity contribution in [3.63, 3.8) is 0 Å². The molecule has 21 heavy (non-hydrogen) atoms. The molecule has 2 atom stereocenters. The van der Waals surface area contributed by atoms with Crippen LogP contribution in [0.15, 0.2) is 24.3 Å². The van der Waals surface area contributed by atoms with Crippen LogP contribution in [0.25, 0.3) is 0 Å². The van der Waals surface area contributed by atoms with Crippen LogP contribution in [0.5, 0.6) is 0 Å². The molecular formula is C16H18N2O3. The molecule has 0 aliphatic carbocycles. The van der Waals surface area contributed by atoms with E-state index in [9.17, 15) is 9.59 Å². The highest BCUT2D eigenvalue weighted by Crippen LogP contribution is 2.15. The summed E-state index contributed by atoms with van der Waals surface area (Å²) in [7, 11) is 0. The second-order valence-electron chi connectivity index (χ2n) is 4.97. The maximum atomic E-state index is 12.0. The predicted octanol–water partition coefficient (Wildman–Crippen LogP) is 0.486. The van der Waals surface area contributed by atoms with Gasteiger partial charge in [-0.1, -0.05) is 24.0 Å². The Bertz CT molecular complexity index is 601. The van der Waals surface area contributed by atoms with Gasteiger partial charge in [0.25, 0.3) is 0 Å². The molecule has 0 spiro atoms. The van der Waals surface area contributed by atoms with E-state index in [-0.39, 0.29) is 24.5 Å². The largest absolute Gasteiger partial charge is 0.384 e. The van der Waals surface area contributed by atoms with Gasteiger partial charge in [0.2, 0.25) is 11.8 Å². The quantitative estimate of drug-likeness (QED) is 0.707. The van der Waals surface area contributed by atoms with Crippen LogP contribution in [0.4, 0.5) is 0 Å². The lowest BCUT2D eigenvalue weighted by Crippen LogP contribution is -2.42. The number of aliphatic hydroxyl groups is 1. The molecule has 1 aliphatic rings. The van der Waals surface area contributed by atoms with Gasteiger partial charge in [-0.05, 0) is 31.0 Å². The Morgan fingerprint density at radius 3 is 3.05 bits per heavy atom. The summed E-state index contributed by atoms with van der Waals surface area (Å²) in [6.45, 7) is 1.70. The van der Waals surface area contributed by atoms with E-state index in [1.807, 2.05) is 31.2 Å². The van der Waals surface area contributed by atoms with Crippen molar-refractivity contribution in [1.82, 2.24) is 10.6 Å². The monoisotopic (exact) mass is 286 g/mol. The minimum Gasteiger partial charge on any atom is -0.384 e. The zero-order valence-corrected chi connectivity index (χ0v) is 11.8. The molecule has 5 heteroatoms. The van der Waals surface area contributed by atoms with E-state index in [0.717, 1.165) is 11.1 Å². The van der Waals surface area contributed by atoms with Gasteiger partial charge in [-0.2, -0.15) is 0 Å². The van der Waals surface area contributed by atoms with Crippen LogP contribution in [0.3, 0.4) is 0 Å². The van der Waals surface area contributed by atoms with Crippen molar-refractivity contribution in [2.24, 2.45) is 0 Å².